The number of anilines is 1. The highest BCUT2D eigenvalue weighted by atomic mass is 35.6. The third-order valence-corrected chi connectivity index (χ3v) is 5.69. The van der Waals surface area contributed by atoms with Crippen LogP contribution in [-0.2, 0) is 10.0 Å². The summed E-state index contributed by atoms with van der Waals surface area (Å²) in [5.41, 5.74) is 0.614. The molecular formula is C13H14Cl3N5O5S2. The van der Waals surface area contributed by atoms with Gasteiger partial charge in [-0.3, -0.25) is 5.32 Å². The van der Waals surface area contributed by atoms with Crippen LogP contribution in [0.2, 0.25) is 0 Å². The number of methoxy groups -OCH3 is 1. The van der Waals surface area contributed by atoms with Crippen LogP contribution in [0.5, 0.6) is 10.9 Å². The molecule has 0 spiro atoms. The first-order valence-electron chi connectivity index (χ1n) is 7.30. The molecule has 0 aliphatic rings. The summed E-state index contributed by atoms with van der Waals surface area (Å²) in [6.45, 7) is 2.67. The van der Waals surface area contributed by atoms with Crippen LogP contribution < -0.4 is 19.5 Å². The van der Waals surface area contributed by atoms with E-state index in [9.17, 15) is 13.2 Å². The van der Waals surface area contributed by atoms with Gasteiger partial charge in [-0.05, 0) is 13.8 Å². The highest BCUT2D eigenvalue weighted by Gasteiger charge is 2.30. The Balaban J connectivity index is 2.18. The van der Waals surface area contributed by atoms with Crippen LogP contribution in [0.1, 0.15) is 11.4 Å². The number of nitrogens with one attached hydrogen (secondary N) is 2. The number of hydrogen-bond acceptors (Lipinski definition) is 9. The predicted molar refractivity (Wildman–Crippen MR) is 105 cm³/mol. The molecule has 2 N–H and O–H groups in total. The molecule has 2 rings (SSSR count). The zero-order valence-corrected chi connectivity index (χ0v) is 18.5. The first-order chi connectivity index (χ1) is 12.9. The second kappa shape index (κ2) is 8.82. The zero-order chi connectivity index (χ0) is 21.1. The summed E-state index contributed by atoms with van der Waals surface area (Å²) in [5.74, 6) is 0.0586. The second-order valence-electron chi connectivity index (χ2n) is 5.22. The lowest BCUT2D eigenvalue weighted by molar-refractivity contribution is 0.256. The van der Waals surface area contributed by atoms with Crippen LogP contribution in [0.3, 0.4) is 0 Å². The number of halogens is 3. The Morgan fingerprint density at radius 2 is 1.96 bits per heavy atom. The van der Waals surface area contributed by atoms with Gasteiger partial charge in [-0.2, -0.15) is 9.36 Å². The summed E-state index contributed by atoms with van der Waals surface area (Å²) in [6, 6.07) is 0.444. The van der Waals surface area contributed by atoms with Crippen LogP contribution in [0, 0.1) is 13.8 Å². The summed E-state index contributed by atoms with van der Waals surface area (Å²) in [6.07, 6.45) is 0. The van der Waals surface area contributed by atoms with Crippen molar-refractivity contribution in [2.45, 2.75) is 22.5 Å². The van der Waals surface area contributed by atoms with Crippen molar-refractivity contribution in [3.63, 3.8) is 0 Å². The van der Waals surface area contributed by atoms with E-state index in [-0.39, 0.29) is 27.5 Å². The number of urea groups is 1. The number of aryl methyl sites for hydroxylation is 2. The first-order valence-corrected chi connectivity index (χ1v) is 10.7. The molecule has 2 heterocycles. The lowest BCUT2D eigenvalue weighted by Crippen LogP contribution is -2.35. The highest BCUT2D eigenvalue weighted by molar-refractivity contribution is 7.90. The van der Waals surface area contributed by atoms with Gasteiger partial charge in [0, 0.05) is 23.3 Å². The van der Waals surface area contributed by atoms with Crippen molar-refractivity contribution in [2.75, 3.05) is 19.0 Å². The maximum Gasteiger partial charge on any atom is 0.335 e. The average Bonchev–Trinajstić information content (AvgIpc) is 2.92. The van der Waals surface area contributed by atoms with Gasteiger partial charge < -0.3 is 9.47 Å². The molecule has 0 aliphatic carbocycles. The molecule has 0 atom stereocenters. The number of ether oxygens (including phenoxy) is 2. The maximum absolute atomic E-state index is 12.6. The summed E-state index contributed by atoms with van der Waals surface area (Å²) >= 11 is 17.6. The Kier molecular flexibility index (Phi) is 7.15. The van der Waals surface area contributed by atoms with Crippen molar-refractivity contribution in [3.8, 4) is 10.9 Å². The highest BCUT2D eigenvalue weighted by Crippen LogP contribution is 2.34. The Bertz CT molecular complexity index is 977. The number of aromatic nitrogens is 3. The maximum atomic E-state index is 12.6. The average molecular weight is 491 g/mol. The number of nitrogens with zero attached hydrogens (tertiary/aromatic N) is 3. The Hall–Kier alpha value is -1.60. The van der Waals surface area contributed by atoms with E-state index in [1.54, 1.807) is 6.92 Å². The van der Waals surface area contributed by atoms with Gasteiger partial charge in [-0.1, -0.05) is 34.8 Å². The number of amides is 2. The Labute approximate surface area is 179 Å². The van der Waals surface area contributed by atoms with E-state index < -0.39 is 26.5 Å². The zero-order valence-electron chi connectivity index (χ0n) is 14.6. The van der Waals surface area contributed by atoms with E-state index >= 15 is 0 Å². The topological polar surface area (TPSA) is 132 Å². The molecule has 0 radical (unpaired) electrons. The van der Waals surface area contributed by atoms with Crippen molar-refractivity contribution in [3.05, 3.63) is 17.5 Å². The van der Waals surface area contributed by atoms with Gasteiger partial charge in [-0.15, -0.1) is 0 Å². The van der Waals surface area contributed by atoms with E-state index in [2.05, 4.69) is 19.7 Å². The minimum absolute atomic E-state index is 0.109. The molecule has 0 saturated carbocycles. The van der Waals surface area contributed by atoms with E-state index in [0.717, 1.165) is 11.5 Å². The predicted octanol–water partition coefficient (Wildman–Crippen LogP) is 2.82. The van der Waals surface area contributed by atoms with Crippen molar-refractivity contribution in [1.29, 1.82) is 0 Å². The van der Waals surface area contributed by atoms with Crippen LogP contribution in [0.4, 0.5) is 10.7 Å². The fourth-order valence-corrected chi connectivity index (χ4v) is 4.31. The van der Waals surface area contributed by atoms with Crippen molar-refractivity contribution in [2.24, 2.45) is 0 Å². The summed E-state index contributed by atoms with van der Waals surface area (Å²) in [7, 11) is -2.96. The van der Waals surface area contributed by atoms with Gasteiger partial charge in [0.25, 0.3) is 10.0 Å². The van der Waals surface area contributed by atoms with Gasteiger partial charge in [0.1, 0.15) is 6.61 Å². The largest absolute Gasteiger partial charge is 0.481 e. The molecule has 0 fully saturated rings. The first kappa shape index (κ1) is 22.7. The summed E-state index contributed by atoms with van der Waals surface area (Å²) in [4.78, 5) is 19.7. The molecule has 154 valence electrons. The van der Waals surface area contributed by atoms with Gasteiger partial charge in [0.15, 0.2) is 4.90 Å². The molecule has 0 aliphatic heterocycles. The van der Waals surface area contributed by atoms with Crippen molar-refractivity contribution >= 4 is 68.3 Å². The quantitative estimate of drug-likeness (QED) is 0.591. The van der Waals surface area contributed by atoms with E-state index in [4.69, 9.17) is 44.3 Å². The molecule has 2 aromatic rings. The third kappa shape index (κ3) is 6.21. The molecule has 10 nitrogen and oxygen atoms in total. The second-order valence-corrected chi connectivity index (χ2v) is 10.1. The fourth-order valence-electron chi connectivity index (χ4n) is 1.88. The van der Waals surface area contributed by atoms with Gasteiger partial charge in [0.05, 0.1) is 12.8 Å². The standard InChI is InChI=1S/C13H14Cl3N5O5S2/c1-6-4-8(25-3)18-11(17-6)19-12(22)21-28(23,24)9-7(2)20-27-10(9)26-5-13(14,15)16/h4H,5H2,1-3H3,(H2,17,18,19,21,22). The van der Waals surface area contributed by atoms with Crippen molar-refractivity contribution in [1.82, 2.24) is 19.1 Å². The van der Waals surface area contributed by atoms with E-state index in [0.29, 0.717) is 5.69 Å². The molecule has 2 amide bonds. The number of rotatable bonds is 6. The molecule has 15 heteroatoms. The van der Waals surface area contributed by atoms with Crippen LogP contribution in [0.25, 0.3) is 0 Å². The Morgan fingerprint density at radius 3 is 2.57 bits per heavy atom. The molecule has 2 aromatic heterocycles. The number of carbonyl (C=O) groups excluding carboxylic acids is 1. The molecule has 28 heavy (non-hydrogen) atoms. The monoisotopic (exact) mass is 489 g/mol. The molecular weight excluding hydrogens is 477 g/mol. The minimum atomic E-state index is -4.35. The smallest absolute Gasteiger partial charge is 0.335 e. The van der Waals surface area contributed by atoms with Crippen molar-refractivity contribution < 1.29 is 22.7 Å². The lowest BCUT2D eigenvalue weighted by Gasteiger charge is -2.13. The third-order valence-electron chi connectivity index (χ3n) is 2.91. The molecule has 0 bridgehead atoms. The van der Waals surface area contributed by atoms with Gasteiger partial charge in [0.2, 0.25) is 20.7 Å². The number of hydrogen-bond donors (Lipinski definition) is 2. The van der Waals surface area contributed by atoms with Gasteiger partial charge in [-0.25, -0.2) is 22.9 Å². The fraction of sp³-hybridized carbons (Fsp3) is 0.385. The minimum Gasteiger partial charge on any atom is -0.481 e. The molecule has 0 saturated heterocycles. The lowest BCUT2D eigenvalue weighted by atomic mass is 10.4. The normalized spacial score (nSPS) is 11.8. The summed E-state index contributed by atoms with van der Waals surface area (Å²) < 4.78 is 39.4. The molecule has 0 aromatic carbocycles. The summed E-state index contributed by atoms with van der Waals surface area (Å²) in [5, 5.41) is 2.09. The number of carbonyl (C=O) groups is 1. The van der Waals surface area contributed by atoms with Crippen LogP contribution in [-0.4, -0.2) is 46.3 Å². The van der Waals surface area contributed by atoms with Crippen LogP contribution in [0.15, 0.2) is 11.0 Å². The van der Waals surface area contributed by atoms with E-state index in [1.807, 2.05) is 4.72 Å². The number of alkyl halides is 3. The van der Waals surface area contributed by atoms with Gasteiger partial charge >= 0.3 is 6.03 Å². The SMILES string of the molecule is COc1cc(C)nc(NC(=O)NS(=O)(=O)c2c(C)nsc2OCC(Cl)(Cl)Cl)n1. The molecule has 0 unspecified atom stereocenters. The Morgan fingerprint density at radius 1 is 1.29 bits per heavy atom. The number of sulfonamides is 1. The van der Waals surface area contributed by atoms with Crippen LogP contribution >= 0.6 is 46.3 Å². The van der Waals surface area contributed by atoms with E-state index in [1.165, 1.54) is 20.1 Å².